The topological polar surface area (TPSA) is 97.1 Å². The summed E-state index contributed by atoms with van der Waals surface area (Å²) >= 11 is 6.12. The van der Waals surface area contributed by atoms with E-state index in [0.29, 0.717) is 17.3 Å². The molecule has 0 unspecified atom stereocenters. The molecule has 0 aliphatic rings. The third kappa shape index (κ3) is 3.97. The van der Waals surface area contributed by atoms with Crippen molar-refractivity contribution >= 4 is 33.1 Å². The van der Waals surface area contributed by atoms with E-state index in [9.17, 15) is 8.42 Å². The van der Waals surface area contributed by atoms with Crippen LogP contribution in [0.1, 0.15) is 17.0 Å². The van der Waals surface area contributed by atoms with E-state index >= 15 is 0 Å². The molecule has 2 N–H and O–H groups in total. The molecule has 0 aliphatic heterocycles. The summed E-state index contributed by atoms with van der Waals surface area (Å²) < 4.78 is 32.2. The lowest BCUT2D eigenvalue weighted by Crippen LogP contribution is -2.15. The molecular weight excluding hydrogens is 376 g/mol. The SMILES string of the molecule is Cc1noc(C)c1S(=O)(=O)Nc1ccc(NCc2ccccc2Cl)cn1. The van der Waals surface area contributed by atoms with Gasteiger partial charge in [-0.3, -0.25) is 4.72 Å². The van der Waals surface area contributed by atoms with Crippen LogP contribution in [-0.4, -0.2) is 18.6 Å². The molecule has 0 aliphatic carbocycles. The molecule has 2 aromatic heterocycles. The van der Waals surface area contributed by atoms with Crippen molar-refractivity contribution in [3.63, 3.8) is 0 Å². The van der Waals surface area contributed by atoms with Crippen molar-refractivity contribution in [2.75, 3.05) is 10.0 Å². The number of pyridine rings is 1. The number of aryl methyl sites for hydroxylation is 2. The number of halogens is 1. The van der Waals surface area contributed by atoms with Crippen LogP contribution in [0.15, 0.2) is 52.0 Å². The third-order valence-corrected chi connectivity index (χ3v) is 5.65. The number of aromatic nitrogens is 2. The summed E-state index contributed by atoms with van der Waals surface area (Å²) in [6.07, 6.45) is 1.54. The Labute approximate surface area is 156 Å². The van der Waals surface area contributed by atoms with Crippen LogP contribution in [0.2, 0.25) is 5.02 Å². The lowest BCUT2D eigenvalue weighted by molar-refractivity contribution is 0.390. The summed E-state index contributed by atoms with van der Waals surface area (Å²) in [7, 11) is -3.81. The van der Waals surface area contributed by atoms with Crippen molar-refractivity contribution in [3.05, 3.63) is 64.6 Å². The van der Waals surface area contributed by atoms with Gasteiger partial charge in [0.05, 0.1) is 11.9 Å². The Morgan fingerprint density at radius 1 is 1.15 bits per heavy atom. The van der Waals surface area contributed by atoms with Crippen LogP contribution >= 0.6 is 11.6 Å². The van der Waals surface area contributed by atoms with Gasteiger partial charge in [-0.05, 0) is 37.6 Å². The second-order valence-electron chi connectivity index (χ2n) is 5.64. The maximum atomic E-state index is 12.5. The van der Waals surface area contributed by atoms with E-state index in [2.05, 4.69) is 20.2 Å². The lowest BCUT2D eigenvalue weighted by Gasteiger charge is -2.10. The number of sulfonamides is 1. The lowest BCUT2D eigenvalue weighted by atomic mass is 10.2. The Morgan fingerprint density at radius 2 is 1.92 bits per heavy atom. The van der Waals surface area contributed by atoms with Gasteiger partial charge in [-0.2, -0.15) is 0 Å². The highest BCUT2D eigenvalue weighted by molar-refractivity contribution is 7.92. The van der Waals surface area contributed by atoms with E-state index in [4.69, 9.17) is 16.1 Å². The van der Waals surface area contributed by atoms with Gasteiger partial charge in [0.1, 0.15) is 11.5 Å². The molecule has 0 saturated carbocycles. The molecule has 0 atom stereocenters. The number of hydrogen-bond acceptors (Lipinski definition) is 6. The van der Waals surface area contributed by atoms with E-state index in [0.717, 1.165) is 11.3 Å². The minimum absolute atomic E-state index is 0.0280. The van der Waals surface area contributed by atoms with Crippen molar-refractivity contribution in [2.24, 2.45) is 0 Å². The average molecular weight is 393 g/mol. The van der Waals surface area contributed by atoms with E-state index in [1.165, 1.54) is 0 Å². The van der Waals surface area contributed by atoms with E-state index in [1.54, 1.807) is 32.2 Å². The normalized spacial score (nSPS) is 11.3. The molecule has 0 fully saturated rings. The van der Waals surface area contributed by atoms with Gasteiger partial charge in [-0.15, -0.1) is 0 Å². The van der Waals surface area contributed by atoms with Crippen molar-refractivity contribution < 1.29 is 12.9 Å². The molecule has 0 spiro atoms. The van der Waals surface area contributed by atoms with E-state index in [-0.39, 0.29) is 16.5 Å². The fourth-order valence-electron chi connectivity index (χ4n) is 2.44. The molecule has 136 valence electrons. The van der Waals surface area contributed by atoms with Crippen LogP contribution in [0.25, 0.3) is 0 Å². The van der Waals surface area contributed by atoms with Crippen LogP contribution < -0.4 is 10.0 Å². The fourth-order valence-corrected chi connectivity index (χ4v) is 3.99. The maximum absolute atomic E-state index is 12.5. The number of nitrogens with zero attached hydrogens (tertiary/aromatic N) is 2. The van der Waals surface area contributed by atoms with Crippen LogP contribution in [0.5, 0.6) is 0 Å². The highest BCUT2D eigenvalue weighted by Crippen LogP contribution is 2.22. The summed E-state index contributed by atoms with van der Waals surface area (Å²) in [5.41, 5.74) is 2.00. The van der Waals surface area contributed by atoms with Gasteiger partial charge in [0.2, 0.25) is 0 Å². The van der Waals surface area contributed by atoms with E-state index in [1.807, 2.05) is 24.3 Å². The predicted molar refractivity (Wildman–Crippen MR) is 99.8 cm³/mol. The Kier molecular flexibility index (Phi) is 5.15. The van der Waals surface area contributed by atoms with Crippen LogP contribution in [-0.2, 0) is 16.6 Å². The smallest absolute Gasteiger partial charge is 0.268 e. The first-order chi connectivity index (χ1) is 12.4. The molecular formula is C17H17ClN4O3S. The molecule has 0 saturated heterocycles. The number of rotatable bonds is 6. The number of anilines is 2. The molecule has 7 nitrogen and oxygen atoms in total. The molecule has 9 heteroatoms. The summed E-state index contributed by atoms with van der Waals surface area (Å²) in [6.45, 7) is 3.65. The highest BCUT2D eigenvalue weighted by atomic mass is 35.5. The molecule has 26 heavy (non-hydrogen) atoms. The fraction of sp³-hybridized carbons (Fsp3) is 0.176. The molecule has 3 aromatic rings. The summed E-state index contributed by atoms with van der Waals surface area (Å²) in [4.78, 5) is 4.16. The standard InChI is InChI=1S/C17H17ClN4O3S/c1-11-17(12(2)25-21-11)26(23,24)22-16-8-7-14(10-20-16)19-9-13-5-3-4-6-15(13)18/h3-8,10,19H,9H2,1-2H3,(H,20,22). The number of hydrogen-bond donors (Lipinski definition) is 2. The Balaban J connectivity index is 1.69. The van der Waals surface area contributed by atoms with Gasteiger partial charge in [-0.25, -0.2) is 13.4 Å². The Hall–Kier alpha value is -2.58. The van der Waals surface area contributed by atoms with Gasteiger partial charge in [0.15, 0.2) is 10.7 Å². The zero-order valence-corrected chi connectivity index (χ0v) is 15.7. The number of nitrogens with one attached hydrogen (secondary N) is 2. The molecule has 2 heterocycles. The molecule has 0 bridgehead atoms. The first-order valence-corrected chi connectivity index (χ1v) is 9.62. The van der Waals surface area contributed by atoms with Gasteiger partial charge in [0, 0.05) is 11.6 Å². The predicted octanol–water partition coefficient (Wildman–Crippen LogP) is 3.75. The molecule has 0 radical (unpaired) electrons. The monoisotopic (exact) mass is 392 g/mol. The van der Waals surface area contributed by atoms with Gasteiger partial charge >= 0.3 is 0 Å². The van der Waals surface area contributed by atoms with Gasteiger partial charge < -0.3 is 9.84 Å². The minimum Gasteiger partial charge on any atom is -0.380 e. The minimum atomic E-state index is -3.81. The van der Waals surface area contributed by atoms with Crippen LogP contribution in [0.3, 0.4) is 0 Å². The zero-order chi connectivity index (χ0) is 18.7. The maximum Gasteiger partial charge on any atom is 0.268 e. The van der Waals surface area contributed by atoms with E-state index < -0.39 is 10.0 Å². The second-order valence-corrected chi connectivity index (χ2v) is 7.66. The van der Waals surface area contributed by atoms with Crippen LogP contribution in [0.4, 0.5) is 11.5 Å². The third-order valence-electron chi connectivity index (χ3n) is 3.68. The van der Waals surface area contributed by atoms with Crippen molar-refractivity contribution in [2.45, 2.75) is 25.3 Å². The average Bonchev–Trinajstić information content (AvgIpc) is 2.94. The Morgan fingerprint density at radius 3 is 2.54 bits per heavy atom. The van der Waals surface area contributed by atoms with Crippen molar-refractivity contribution in [1.29, 1.82) is 0 Å². The summed E-state index contributed by atoms with van der Waals surface area (Å²) in [5.74, 6) is 0.432. The van der Waals surface area contributed by atoms with Crippen molar-refractivity contribution in [3.8, 4) is 0 Å². The molecule has 0 amide bonds. The first-order valence-electron chi connectivity index (χ1n) is 7.76. The largest absolute Gasteiger partial charge is 0.380 e. The molecule has 3 rings (SSSR count). The quantitative estimate of drug-likeness (QED) is 0.663. The van der Waals surface area contributed by atoms with Gasteiger partial charge in [-0.1, -0.05) is 35.0 Å². The first kappa shape index (κ1) is 18.2. The van der Waals surface area contributed by atoms with Crippen LogP contribution in [0, 0.1) is 13.8 Å². The summed E-state index contributed by atoms with van der Waals surface area (Å²) in [6, 6.07) is 10.8. The van der Waals surface area contributed by atoms with Gasteiger partial charge in [0.25, 0.3) is 10.0 Å². The zero-order valence-electron chi connectivity index (χ0n) is 14.2. The van der Waals surface area contributed by atoms with Crippen molar-refractivity contribution in [1.82, 2.24) is 10.1 Å². The highest BCUT2D eigenvalue weighted by Gasteiger charge is 2.24. The summed E-state index contributed by atoms with van der Waals surface area (Å²) in [5, 5.41) is 7.53. The molecule has 1 aromatic carbocycles. The Bertz CT molecular complexity index is 997. The number of benzene rings is 1. The second kappa shape index (κ2) is 7.35.